The van der Waals surface area contributed by atoms with Gasteiger partial charge < -0.3 is 15.5 Å². The molecule has 3 rings (SSSR count). The average molecular weight is 295 g/mol. The second kappa shape index (κ2) is 5.60. The average Bonchev–Trinajstić information content (AvgIpc) is 2.64. The zero-order valence-electron chi connectivity index (χ0n) is 11.9. The van der Waals surface area contributed by atoms with E-state index in [9.17, 15) is 13.6 Å². The van der Waals surface area contributed by atoms with E-state index in [0.29, 0.717) is 12.1 Å². The summed E-state index contributed by atoms with van der Waals surface area (Å²) < 4.78 is 26.3. The molecule has 1 aromatic carbocycles. The quantitative estimate of drug-likeness (QED) is 0.881. The Kier molecular flexibility index (Phi) is 3.80. The number of hydrogen-bond donors (Lipinski definition) is 2. The molecule has 2 fully saturated rings. The summed E-state index contributed by atoms with van der Waals surface area (Å²) in [5.41, 5.74) is -0.00944. The zero-order chi connectivity index (χ0) is 15.0. The van der Waals surface area contributed by atoms with Gasteiger partial charge in [-0.2, -0.15) is 0 Å². The molecule has 6 heteroatoms. The minimum Gasteiger partial charge on any atom is -0.335 e. The number of nitrogens with one attached hydrogen (secondary N) is 2. The van der Waals surface area contributed by atoms with Crippen molar-refractivity contribution in [3.05, 3.63) is 29.8 Å². The van der Waals surface area contributed by atoms with Gasteiger partial charge in [-0.25, -0.2) is 13.6 Å². The summed E-state index contributed by atoms with van der Waals surface area (Å²) >= 11 is 0. The molecule has 2 amide bonds. The topological polar surface area (TPSA) is 44.4 Å². The predicted molar refractivity (Wildman–Crippen MR) is 76.1 cm³/mol. The van der Waals surface area contributed by atoms with E-state index in [4.69, 9.17) is 0 Å². The molecule has 2 aliphatic rings. The van der Waals surface area contributed by atoms with Gasteiger partial charge in [0.2, 0.25) is 0 Å². The Morgan fingerprint density at radius 1 is 1.24 bits per heavy atom. The van der Waals surface area contributed by atoms with Gasteiger partial charge in [0.05, 0.1) is 5.69 Å². The molecule has 2 N–H and O–H groups in total. The number of carbonyl (C=O) groups is 1. The third-order valence-corrected chi connectivity index (χ3v) is 4.61. The maximum absolute atomic E-state index is 13.5. The van der Waals surface area contributed by atoms with Crippen LogP contribution in [0.15, 0.2) is 18.2 Å². The molecule has 2 bridgehead atoms. The van der Waals surface area contributed by atoms with Crippen LogP contribution in [0.1, 0.15) is 25.7 Å². The van der Waals surface area contributed by atoms with E-state index >= 15 is 0 Å². The molecule has 21 heavy (non-hydrogen) atoms. The van der Waals surface area contributed by atoms with Gasteiger partial charge in [-0.1, -0.05) is 0 Å². The lowest BCUT2D eigenvalue weighted by Gasteiger charge is -2.36. The third kappa shape index (κ3) is 3.00. The molecule has 0 saturated carbocycles. The van der Waals surface area contributed by atoms with E-state index in [1.54, 1.807) is 0 Å². The summed E-state index contributed by atoms with van der Waals surface area (Å²) in [4.78, 5) is 14.3. The van der Waals surface area contributed by atoms with Crippen molar-refractivity contribution in [3.8, 4) is 0 Å². The van der Waals surface area contributed by atoms with E-state index in [1.165, 1.54) is 18.9 Å². The Labute approximate surface area is 122 Å². The van der Waals surface area contributed by atoms with E-state index in [2.05, 4.69) is 22.6 Å². The van der Waals surface area contributed by atoms with Crippen LogP contribution in [0.5, 0.6) is 0 Å². The standard InChI is InChI=1S/C15H19F2N3O/c1-20-11-3-4-12(20)8-10(7-11)18-15(21)19-14-5-2-9(16)6-13(14)17/h2,5-6,10-12H,3-4,7-8H2,1H3,(H2,18,19,21)/t10?,11-,12+. The predicted octanol–water partition coefficient (Wildman–Crippen LogP) is 2.71. The highest BCUT2D eigenvalue weighted by atomic mass is 19.1. The van der Waals surface area contributed by atoms with Crippen molar-refractivity contribution in [2.75, 3.05) is 12.4 Å². The molecule has 2 saturated heterocycles. The molecule has 0 aromatic heterocycles. The van der Waals surface area contributed by atoms with Crippen LogP contribution < -0.4 is 10.6 Å². The molecular formula is C15H19F2N3O. The number of rotatable bonds is 2. The monoisotopic (exact) mass is 295 g/mol. The molecule has 114 valence electrons. The smallest absolute Gasteiger partial charge is 0.319 e. The number of hydrogen-bond acceptors (Lipinski definition) is 2. The summed E-state index contributed by atoms with van der Waals surface area (Å²) in [6.07, 6.45) is 4.19. The third-order valence-electron chi connectivity index (χ3n) is 4.61. The van der Waals surface area contributed by atoms with Crippen molar-refractivity contribution in [1.82, 2.24) is 10.2 Å². The highest BCUT2D eigenvalue weighted by molar-refractivity contribution is 5.89. The zero-order valence-corrected chi connectivity index (χ0v) is 11.9. The molecule has 1 unspecified atom stereocenters. The Morgan fingerprint density at radius 2 is 1.90 bits per heavy atom. The van der Waals surface area contributed by atoms with Gasteiger partial charge in [0.25, 0.3) is 0 Å². The Bertz CT molecular complexity index is 538. The maximum Gasteiger partial charge on any atom is 0.319 e. The van der Waals surface area contributed by atoms with Crippen molar-refractivity contribution in [1.29, 1.82) is 0 Å². The number of nitrogens with zero attached hydrogens (tertiary/aromatic N) is 1. The van der Waals surface area contributed by atoms with Crippen LogP contribution >= 0.6 is 0 Å². The highest BCUT2D eigenvalue weighted by Crippen LogP contribution is 2.34. The first-order chi connectivity index (χ1) is 10.0. The fourth-order valence-electron chi connectivity index (χ4n) is 3.46. The van der Waals surface area contributed by atoms with Gasteiger partial charge in [0.15, 0.2) is 0 Å². The molecule has 0 radical (unpaired) electrons. The fourth-order valence-corrected chi connectivity index (χ4v) is 3.46. The molecule has 2 aliphatic heterocycles. The van der Waals surface area contributed by atoms with Gasteiger partial charge in [-0.15, -0.1) is 0 Å². The summed E-state index contributed by atoms with van der Waals surface area (Å²) in [6, 6.07) is 3.83. The second-order valence-corrected chi connectivity index (χ2v) is 5.94. The molecule has 2 heterocycles. The van der Waals surface area contributed by atoms with Crippen LogP contribution in [0.2, 0.25) is 0 Å². The van der Waals surface area contributed by atoms with E-state index in [1.807, 2.05) is 0 Å². The number of halogens is 2. The molecule has 0 aliphatic carbocycles. The van der Waals surface area contributed by atoms with Gasteiger partial charge in [-0.3, -0.25) is 0 Å². The Morgan fingerprint density at radius 3 is 2.52 bits per heavy atom. The largest absolute Gasteiger partial charge is 0.335 e. The fraction of sp³-hybridized carbons (Fsp3) is 0.533. The Hall–Kier alpha value is -1.69. The van der Waals surface area contributed by atoms with Crippen molar-refractivity contribution < 1.29 is 13.6 Å². The number of piperidine rings is 1. The summed E-state index contributed by atoms with van der Waals surface area (Å²) in [5.74, 6) is -1.43. The van der Waals surface area contributed by atoms with E-state index in [-0.39, 0.29) is 11.7 Å². The van der Waals surface area contributed by atoms with Crippen LogP contribution in [-0.2, 0) is 0 Å². The van der Waals surface area contributed by atoms with Crippen LogP contribution in [0.3, 0.4) is 0 Å². The molecule has 1 aromatic rings. The van der Waals surface area contributed by atoms with Crippen LogP contribution in [-0.4, -0.2) is 36.1 Å². The van der Waals surface area contributed by atoms with Gasteiger partial charge in [0.1, 0.15) is 11.6 Å². The number of benzene rings is 1. The molecule has 0 spiro atoms. The maximum atomic E-state index is 13.5. The van der Waals surface area contributed by atoms with Crippen molar-refractivity contribution >= 4 is 11.7 Å². The van der Waals surface area contributed by atoms with Gasteiger partial charge >= 0.3 is 6.03 Å². The lowest BCUT2D eigenvalue weighted by molar-refractivity contribution is 0.151. The first-order valence-electron chi connectivity index (χ1n) is 7.27. The summed E-state index contributed by atoms with van der Waals surface area (Å²) in [6.45, 7) is 0. The molecule has 4 nitrogen and oxygen atoms in total. The minimum absolute atomic E-state index is 0.00944. The van der Waals surface area contributed by atoms with Crippen molar-refractivity contribution in [2.24, 2.45) is 0 Å². The number of amides is 2. The first kappa shape index (κ1) is 14.3. The number of carbonyl (C=O) groups excluding carboxylic acids is 1. The SMILES string of the molecule is CN1[C@@H]2CC[C@H]1CC(NC(=O)Nc1ccc(F)cc1F)C2. The Balaban J connectivity index is 1.57. The van der Waals surface area contributed by atoms with Gasteiger partial charge in [0, 0.05) is 24.2 Å². The van der Waals surface area contributed by atoms with Crippen molar-refractivity contribution in [2.45, 2.75) is 43.8 Å². The van der Waals surface area contributed by atoms with Crippen LogP contribution in [0.4, 0.5) is 19.3 Å². The molecular weight excluding hydrogens is 276 g/mol. The minimum atomic E-state index is -0.770. The second-order valence-electron chi connectivity index (χ2n) is 5.94. The highest BCUT2D eigenvalue weighted by Gasteiger charge is 2.38. The summed E-state index contributed by atoms with van der Waals surface area (Å²) in [5, 5.41) is 5.33. The van der Waals surface area contributed by atoms with E-state index < -0.39 is 17.7 Å². The normalized spacial score (nSPS) is 28.4. The van der Waals surface area contributed by atoms with E-state index in [0.717, 1.165) is 25.0 Å². The number of fused-ring (bicyclic) bond motifs is 2. The lowest BCUT2D eigenvalue weighted by atomic mass is 9.98. The first-order valence-corrected chi connectivity index (χ1v) is 7.27. The van der Waals surface area contributed by atoms with Crippen LogP contribution in [0.25, 0.3) is 0 Å². The summed E-state index contributed by atoms with van der Waals surface area (Å²) in [7, 11) is 2.13. The number of anilines is 1. The van der Waals surface area contributed by atoms with Gasteiger partial charge in [-0.05, 0) is 44.9 Å². The van der Waals surface area contributed by atoms with Crippen LogP contribution in [0, 0.1) is 11.6 Å². The lowest BCUT2D eigenvalue weighted by Crippen LogP contribution is -2.49. The number of urea groups is 1. The van der Waals surface area contributed by atoms with Crippen molar-refractivity contribution in [3.63, 3.8) is 0 Å². The molecule has 3 atom stereocenters.